The second-order valence-electron chi connectivity index (χ2n) is 9.17. The third-order valence-corrected chi connectivity index (χ3v) is 8.96. The largest absolute Gasteiger partial charge is 0.344 e. The third kappa shape index (κ3) is 6.25. The molecule has 1 saturated heterocycles. The summed E-state index contributed by atoms with van der Waals surface area (Å²) >= 11 is 3.45. The smallest absolute Gasteiger partial charge is 0.247 e. The molecule has 0 spiro atoms. The zero-order valence-electron chi connectivity index (χ0n) is 20.0. The lowest BCUT2D eigenvalue weighted by molar-refractivity contribution is -0.130. The van der Waals surface area contributed by atoms with Crippen molar-refractivity contribution in [3.05, 3.63) is 58.1 Å². The topological polar surface area (TPSA) is 95.6 Å². The molecule has 7 nitrogen and oxygen atoms in total. The number of rotatable bonds is 7. The number of aryl methyl sites for hydroxylation is 2. The van der Waals surface area contributed by atoms with Crippen LogP contribution in [0.15, 0.2) is 51.8 Å². The molecular formula is C25H32BrN3O4S. The predicted molar refractivity (Wildman–Crippen MR) is 137 cm³/mol. The summed E-state index contributed by atoms with van der Waals surface area (Å²) in [6.45, 7) is 8.15. The zero-order valence-corrected chi connectivity index (χ0v) is 22.4. The molecule has 9 heteroatoms. The fraction of sp³-hybridized carbons (Fsp3) is 0.440. The molecule has 34 heavy (non-hydrogen) atoms. The van der Waals surface area contributed by atoms with Crippen LogP contribution in [0.1, 0.15) is 37.8 Å². The van der Waals surface area contributed by atoms with E-state index in [1.165, 1.54) is 4.31 Å². The first-order valence-electron chi connectivity index (χ1n) is 11.4. The van der Waals surface area contributed by atoms with Crippen LogP contribution >= 0.6 is 15.9 Å². The second-order valence-corrected chi connectivity index (χ2v) is 12.0. The van der Waals surface area contributed by atoms with E-state index in [4.69, 9.17) is 0 Å². The second kappa shape index (κ2) is 11.0. The summed E-state index contributed by atoms with van der Waals surface area (Å²) in [6.07, 6.45) is 0.824. The molecule has 1 aliphatic heterocycles. The molecular weight excluding hydrogens is 518 g/mol. The van der Waals surface area contributed by atoms with Gasteiger partial charge in [0.05, 0.1) is 4.90 Å². The summed E-state index contributed by atoms with van der Waals surface area (Å²) < 4.78 is 28.2. The van der Waals surface area contributed by atoms with Crippen LogP contribution in [-0.2, 0) is 19.6 Å². The van der Waals surface area contributed by atoms with E-state index in [-0.39, 0.29) is 41.6 Å². The highest BCUT2D eigenvalue weighted by molar-refractivity contribution is 9.10. The van der Waals surface area contributed by atoms with Gasteiger partial charge in [-0.3, -0.25) is 9.59 Å². The van der Waals surface area contributed by atoms with Crippen LogP contribution in [0.25, 0.3) is 0 Å². The highest BCUT2D eigenvalue weighted by Gasteiger charge is 2.34. The predicted octanol–water partition coefficient (Wildman–Crippen LogP) is 4.25. The van der Waals surface area contributed by atoms with Gasteiger partial charge in [-0.2, -0.15) is 4.31 Å². The van der Waals surface area contributed by atoms with Gasteiger partial charge in [0.1, 0.15) is 6.04 Å². The van der Waals surface area contributed by atoms with Gasteiger partial charge in [0.2, 0.25) is 21.8 Å². The summed E-state index contributed by atoms with van der Waals surface area (Å²) in [5.41, 5.74) is 2.66. The summed E-state index contributed by atoms with van der Waals surface area (Å²) in [5, 5.41) is 5.78. The minimum Gasteiger partial charge on any atom is -0.344 e. The summed E-state index contributed by atoms with van der Waals surface area (Å²) in [4.78, 5) is 26.1. The van der Waals surface area contributed by atoms with Crippen molar-refractivity contribution < 1.29 is 18.0 Å². The Morgan fingerprint density at radius 2 is 1.65 bits per heavy atom. The molecule has 0 bridgehead atoms. The molecule has 0 aliphatic carbocycles. The number of sulfonamides is 1. The van der Waals surface area contributed by atoms with Crippen LogP contribution in [0.4, 0.5) is 5.69 Å². The summed E-state index contributed by atoms with van der Waals surface area (Å²) in [6, 6.07) is 11.6. The van der Waals surface area contributed by atoms with E-state index in [0.717, 1.165) is 15.6 Å². The molecule has 2 amide bonds. The molecule has 1 aliphatic rings. The van der Waals surface area contributed by atoms with Gasteiger partial charge in [0.15, 0.2) is 0 Å². The Bertz CT molecular complexity index is 1140. The number of benzene rings is 2. The van der Waals surface area contributed by atoms with Gasteiger partial charge in [-0.1, -0.05) is 47.5 Å². The van der Waals surface area contributed by atoms with Crippen molar-refractivity contribution in [2.24, 2.45) is 11.8 Å². The maximum Gasteiger partial charge on any atom is 0.247 e. The lowest BCUT2D eigenvalue weighted by Gasteiger charge is -2.32. The van der Waals surface area contributed by atoms with E-state index in [0.29, 0.717) is 18.5 Å². The van der Waals surface area contributed by atoms with Crippen molar-refractivity contribution in [2.75, 3.05) is 18.4 Å². The van der Waals surface area contributed by atoms with Gasteiger partial charge in [-0.25, -0.2) is 8.42 Å². The highest BCUT2D eigenvalue weighted by atomic mass is 79.9. The number of carbonyl (C=O) groups is 2. The average Bonchev–Trinajstić information content (AvgIpc) is 2.79. The fourth-order valence-corrected chi connectivity index (χ4v) is 5.68. The lowest BCUT2D eigenvalue weighted by Crippen LogP contribution is -2.50. The standard InChI is InChI=1S/C25H32BrN3O4S/c1-16(2)23(25(31)27-20-7-10-22(26)18(4)15-20)28-24(30)19-11-13-29(14-12-19)34(32,33)21-8-5-17(3)6-9-21/h5-10,15-16,19,23H,11-14H2,1-4H3,(H,27,31)(H,28,30). The minimum atomic E-state index is -3.58. The summed E-state index contributed by atoms with van der Waals surface area (Å²) in [7, 11) is -3.58. The third-order valence-electron chi connectivity index (χ3n) is 6.16. The van der Waals surface area contributed by atoms with Crippen LogP contribution in [0.5, 0.6) is 0 Å². The number of hydrogen-bond acceptors (Lipinski definition) is 4. The molecule has 184 valence electrons. The van der Waals surface area contributed by atoms with Crippen LogP contribution in [0.2, 0.25) is 0 Å². The molecule has 1 atom stereocenters. The van der Waals surface area contributed by atoms with Crippen molar-refractivity contribution >= 4 is 43.5 Å². The fourth-order valence-electron chi connectivity index (χ4n) is 3.97. The average molecular weight is 551 g/mol. The number of halogens is 1. The van der Waals surface area contributed by atoms with Gasteiger partial charge in [-0.05, 0) is 68.5 Å². The van der Waals surface area contributed by atoms with Crippen molar-refractivity contribution in [1.29, 1.82) is 0 Å². The Hall–Kier alpha value is -2.23. The van der Waals surface area contributed by atoms with Crippen LogP contribution in [0.3, 0.4) is 0 Å². The van der Waals surface area contributed by atoms with E-state index in [1.54, 1.807) is 30.3 Å². The molecule has 0 radical (unpaired) electrons. The molecule has 2 aromatic rings. The first-order valence-corrected chi connectivity index (χ1v) is 13.7. The van der Waals surface area contributed by atoms with Gasteiger partial charge < -0.3 is 10.6 Å². The minimum absolute atomic E-state index is 0.109. The monoisotopic (exact) mass is 549 g/mol. The number of amides is 2. The van der Waals surface area contributed by atoms with Gasteiger partial charge in [0, 0.05) is 29.2 Å². The lowest BCUT2D eigenvalue weighted by atomic mass is 9.95. The Labute approximate surface area is 210 Å². The highest BCUT2D eigenvalue weighted by Crippen LogP contribution is 2.25. The Morgan fingerprint density at radius 1 is 1.03 bits per heavy atom. The molecule has 0 aromatic heterocycles. The van der Waals surface area contributed by atoms with Crippen LogP contribution in [-0.4, -0.2) is 43.7 Å². The van der Waals surface area contributed by atoms with Crippen molar-refractivity contribution in [3.63, 3.8) is 0 Å². The van der Waals surface area contributed by atoms with Crippen molar-refractivity contribution in [2.45, 2.75) is 51.5 Å². The quantitative estimate of drug-likeness (QED) is 0.539. The van der Waals surface area contributed by atoms with Crippen molar-refractivity contribution in [3.8, 4) is 0 Å². The van der Waals surface area contributed by atoms with E-state index < -0.39 is 16.1 Å². The van der Waals surface area contributed by atoms with E-state index >= 15 is 0 Å². The summed E-state index contributed by atoms with van der Waals surface area (Å²) in [5.74, 6) is -0.936. The molecule has 1 unspecified atom stereocenters. The van der Waals surface area contributed by atoms with Crippen LogP contribution < -0.4 is 10.6 Å². The molecule has 1 heterocycles. The number of hydrogen-bond donors (Lipinski definition) is 2. The van der Waals surface area contributed by atoms with E-state index in [9.17, 15) is 18.0 Å². The van der Waals surface area contributed by atoms with Gasteiger partial charge in [0.25, 0.3) is 0 Å². The molecule has 2 aromatic carbocycles. The number of piperidine rings is 1. The maximum atomic E-state index is 13.0. The van der Waals surface area contributed by atoms with Crippen molar-refractivity contribution in [1.82, 2.24) is 9.62 Å². The van der Waals surface area contributed by atoms with Crippen LogP contribution in [0, 0.1) is 25.7 Å². The molecule has 3 rings (SSSR count). The van der Waals surface area contributed by atoms with Gasteiger partial charge >= 0.3 is 0 Å². The number of carbonyl (C=O) groups excluding carboxylic acids is 2. The van der Waals surface area contributed by atoms with Gasteiger partial charge in [-0.15, -0.1) is 0 Å². The number of nitrogens with zero attached hydrogens (tertiary/aromatic N) is 1. The SMILES string of the molecule is Cc1ccc(S(=O)(=O)N2CCC(C(=O)NC(C(=O)Nc3ccc(Br)c(C)c3)C(C)C)CC2)cc1. The number of anilines is 1. The zero-order chi connectivity index (χ0) is 25.0. The van der Waals surface area contributed by atoms with E-state index in [2.05, 4.69) is 26.6 Å². The Kier molecular flexibility index (Phi) is 8.54. The first kappa shape index (κ1) is 26.4. The molecule has 0 saturated carbocycles. The van der Waals surface area contributed by atoms with E-state index in [1.807, 2.05) is 39.8 Å². The first-order chi connectivity index (χ1) is 16.0. The Morgan fingerprint density at radius 3 is 2.21 bits per heavy atom. The molecule has 1 fully saturated rings. The maximum absolute atomic E-state index is 13.0. The Balaban J connectivity index is 1.60. The number of nitrogens with one attached hydrogen (secondary N) is 2. The molecule has 2 N–H and O–H groups in total. The normalized spacial score (nSPS) is 16.3.